The van der Waals surface area contributed by atoms with Crippen LogP contribution in [-0.2, 0) is 14.3 Å². The number of hydrogen-bond donors (Lipinski definition) is 0. The van der Waals surface area contributed by atoms with Crippen LogP contribution in [0.1, 0.15) is 32.6 Å². The SMILES string of the molecule is C[C@H]1C[C@@H]([C@@H]2C[C@H]3[C@H]4[C@@H](C=C[C@@H]3CC(=O)N(C)C)CC=CCN42)OC1=O. The number of rotatable bonds is 3. The predicted octanol–water partition coefficient (Wildman–Crippen LogP) is 2.24. The third kappa shape index (κ3) is 3.00. The zero-order valence-electron chi connectivity index (χ0n) is 16.0. The van der Waals surface area contributed by atoms with Crippen molar-refractivity contribution in [1.29, 1.82) is 0 Å². The zero-order chi connectivity index (χ0) is 18.4. The van der Waals surface area contributed by atoms with E-state index in [9.17, 15) is 9.59 Å². The molecule has 0 unspecified atom stereocenters. The van der Waals surface area contributed by atoms with Crippen LogP contribution in [0.2, 0.25) is 0 Å². The van der Waals surface area contributed by atoms with Crippen LogP contribution in [0, 0.1) is 23.7 Å². The van der Waals surface area contributed by atoms with Crippen molar-refractivity contribution in [2.75, 3.05) is 20.6 Å². The lowest BCUT2D eigenvalue weighted by Gasteiger charge is -2.39. The molecule has 5 heteroatoms. The van der Waals surface area contributed by atoms with E-state index in [-0.39, 0.29) is 35.9 Å². The van der Waals surface area contributed by atoms with Crippen LogP contribution in [0.4, 0.5) is 0 Å². The van der Waals surface area contributed by atoms with Gasteiger partial charge in [-0.15, -0.1) is 0 Å². The van der Waals surface area contributed by atoms with Gasteiger partial charge in [0.1, 0.15) is 6.10 Å². The molecular formula is C21H30N2O3. The van der Waals surface area contributed by atoms with E-state index in [0.717, 1.165) is 25.8 Å². The molecule has 3 aliphatic heterocycles. The fourth-order valence-electron chi connectivity index (χ4n) is 5.44. The van der Waals surface area contributed by atoms with Crippen LogP contribution in [-0.4, -0.2) is 60.5 Å². The van der Waals surface area contributed by atoms with Crippen LogP contribution in [0.15, 0.2) is 24.3 Å². The van der Waals surface area contributed by atoms with Gasteiger partial charge in [0.05, 0.1) is 5.92 Å². The van der Waals surface area contributed by atoms with Crippen molar-refractivity contribution in [2.45, 2.75) is 50.8 Å². The Morgan fingerprint density at radius 3 is 2.77 bits per heavy atom. The number of carbonyl (C=O) groups is 2. The second-order valence-electron chi connectivity index (χ2n) is 8.68. The summed E-state index contributed by atoms with van der Waals surface area (Å²) in [5, 5.41) is 0. The molecule has 0 saturated carbocycles. The van der Waals surface area contributed by atoms with E-state index < -0.39 is 0 Å². The molecule has 3 heterocycles. The maximum atomic E-state index is 12.3. The van der Waals surface area contributed by atoms with E-state index in [1.54, 1.807) is 4.90 Å². The van der Waals surface area contributed by atoms with Crippen LogP contribution in [0.5, 0.6) is 0 Å². The molecule has 2 fully saturated rings. The first-order chi connectivity index (χ1) is 12.5. The van der Waals surface area contributed by atoms with E-state index >= 15 is 0 Å². The highest BCUT2D eigenvalue weighted by atomic mass is 16.6. The molecule has 1 amide bonds. The molecule has 5 nitrogen and oxygen atoms in total. The molecule has 142 valence electrons. The fraction of sp³-hybridized carbons (Fsp3) is 0.714. The Hall–Kier alpha value is -1.62. The van der Waals surface area contributed by atoms with Crippen molar-refractivity contribution in [3.8, 4) is 0 Å². The van der Waals surface area contributed by atoms with Gasteiger partial charge in [0.2, 0.25) is 5.91 Å². The highest BCUT2D eigenvalue weighted by Gasteiger charge is 2.52. The van der Waals surface area contributed by atoms with Crippen molar-refractivity contribution >= 4 is 11.9 Å². The second-order valence-corrected chi connectivity index (χ2v) is 8.68. The first-order valence-electron chi connectivity index (χ1n) is 9.95. The molecule has 0 spiro atoms. The third-order valence-corrected chi connectivity index (χ3v) is 6.84. The number of cyclic esters (lactones) is 1. The van der Waals surface area contributed by atoms with Gasteiger partial charge in [-0.3, -0.25) is 14.5 Å². The third-order valence-electron chi connectivity index (χ3n) is 6.84. The average molecular weight is 358 g/mol. The monoisotopic (exact) mass is 358 g/mol. The molecule has 7 atom stereocenters. The van der Waals surface area contributed by atoms with Crippen molar-refractivity contribution in [2.24, 2.45) is 23.7 Å². The second kappa shape index (κ2) is 6.84. The number of amides is 1. The highest BCUT2D eigenvalue weighted by molar-refractivity contribution is 5.76. The first-order valence-corrected chi connectivity index (χ1v) is 9.95. The van der Waals surface area contributed by atoms with Gasteiger partial charge in [-0.05, 0) is 37.0 Å². The minimum atomic E-state index is -0.0516. The maximum Gasteiger partial charge on any atom is 0.309 e. The van der Waals surface area contributed by atoms with Gasteiger partial charge in [-0.1, -0.05) is 31.2 Å². The van der Waals surface area contributed by atoms with Gasteiger partial charge in [0, 0.05) is 39.1 Å². The van der Waals surface area contributed by atoms with Crippen LogP contribution in [0.25, 0.3) is 0 Å². The van der Waals surface area contributed by atoms with Gasteiger partial charge in [0.15, 0.2) is 0 Å². The van der Waals surface area contributed by atoms with Gasteiger partial charge < -0.3 is 9.64 Å². The molecule has 4 rings (SSSR count). The van der Waals surface area contributed by atoms with E-state index in [1.807, 2.05) is 21.0 Å². The molecule has 2 saturated heterocycles. The Morgan fingerprint density at radius 1 is 1.27 bits per heavy atom. The number of allylic oxidation sites excluding steroid dienone is 2. The Kier molecular flexibility index (Phi) is 4.68. The summed E-state index contributed by atoms with van der Waals surface area (Å²) in [5.41, 5.74) is 0. The highest BCUT2D eigenvalue weighted by Crippen LogP contribution is 2.48. The summed E-state index contributed by atoms with van der Waals surface area (Å²) >= 11 is 0. The Bertz CT molecular complexity index is 641. The van der Waals surface area contributed by atoms with Crippen molar-refractivity contribution in [3.05, 3.63) is 24.3 Å². The van der Waals surface area contributed by atoms with E-state index in [0.29, 0.717) is 24.3 Å². The maximum absolute atomic E-state index is 12.3. The number of hydrogen-bond acceptors (Lipinski definition) is 4. The van der Waals surface area contributed by atoms with E-state index in [4.69, 9.17) is 4.74 Å². The minimum Gasteiger partial charge on any atom is -0.460 e. The predicted molar refractivity (Wildman–Crippen MR) is 99.2 cm³/mol. The molecular weight excluding hydrogens is 328 g/mol. The minimum absolute atomic E-state index is 0.000417. The smallest absolute Gasteiger partial charge is 0.309 e. The Morgan fingerprint density at radius 2 is 2.08 bits per heavy atom. The first kappa shape index (κ1) is 17.8. The molecule has 0 aromatic heterocycles. The number of ether oxygens (including phenoxy) is 1. The van der Waals surface area contributed by atoms with E-state index in [1.165, 1.54) is 0 Å². The Balaban J connectivity index is 1.59. The lowest BCUT2D eigenvalue weighted by molar-refractivity contribution is -0.145. The van der Waals surface area contributed by atoms with Crippen molar-refractivity contribution in [1.82, 2.24) is 9.80 Å². The average Bonchev–Trinajstić information content (AvgIpc) is 3.05. The summed E-state index contributed by atoms with van der Waals surface area (Å²) < 4.78 is 5.75. The molecule has 0 aromatic rings. The molecule has 0 aromatic carbocycles. The molecule has 0 N–H and O–H groups in total. The zero-order valence-corrected chi connectivity index (χ0v) is 16.0. The molecule has 0 radical (unpaired) electrons. The molecule has 1 aliphatic carbocycles. The summed E-state index contributed by atoms with van der Waals surface area (Å²) in [6, 6.07) is 0.732. The number of nitrogens with zero attached hydrogens (tertiary/aromatic N) is 2. The van der Waals surface area contributed by atoms with Gasteiger partial charge in [-0.25, -0.2) is 0 Å². The molecule has 4 aliphatic rings. The lowest BCUT2D eigenvalue weighted by atomic mass is 9.72. The normalized spacial score (nSPS) is 41.7. The molecule has 0 bridgehead atoms. The molecule has 26 heavy (non-hydrogen) atoms. The number of esters is 1. The quantitative estimate of drug-likeness (QED) is 0.573. The van der Waals surface area contributed by atoms with Crippen LogP contribution < -0.4 is 0 Å². The van der Waals surface area contributed by atoms with Crippen molar-refractivity contribution in [3.63, 3.8) is 0 Å². The fourth-order valence-corrected chi connectivity index (χ4v) is 5.44. The van der Waals surface area contributed by atoms with Gasteiger partial charge >= 0.3 is 5.97 Å². The van der Waals surface area contributed by atoms with Gasteiger partial charge in [0.25, 0.3) is 0 Å². The van der Waals surface area contributed by atoms with E-state index in [2.05, 4.69) is 29.2 Å². The lowest BCUT2D eigenvalue weighted by Crippen LogP contribution is -2.47. The van der Waals surface area contributed by atoms with Crippen molar-refractivity contribution < 1.29 is 14.3 Å². The summed E-state index contributed by atoms with van der Waals surface area (Å²) in [4.78, 5) is 28.6. The standard InChI is InChI=1S/C21H30N2O3/c1-13-10-18(26-21(13)25)17-12-16-15(11-19(24)22(2)3)8-7-14-6-4-5-9-23(17)20(14)16/h4-5,7-8,13-18,20H,6,9-12H2,1-3H3/t13-,14+,15+,16+,17-,18-,20+/m0/s1. The largest absolute Gasteiger partial charge is 0.460 e. The number of carbonyl (C=O) groups excluding carboxylic acids is 2. The summed E-state index contributed by atoms with van der Waals surface area (Å²) in [6.07, 6.45) is 12.7. The summed E-state index contributed by atoms with van der Waals surface area (Å²) in [6.45, 7) is 2.89. The van der Waals surface area contributed by atoms with Crippen LogP contribution in [0.3, 0.4) is 0 Å². The topological polar surface area (TPSA) is 49.9 Å². The Labute approximate surface area is 156 Å². The van der Waals surface area contributed by atoms with Crippen LogP contribution >= 0.6 is 0 Å². The van der Waals surface area contributed by atoms with Gasteiger partial charge in [-0.2, -0.15) is 0 Å². The summed E-state index contributed by atoms with van der Waals surface area (Å²) in [5.74, 6) is 1.40. The summed E-state index contributed by atoms with van der Waals surface area (Å²) in [7, 11) is 3.66.